The van der Waals surface area contributed by atoms with Gasteiger partial charge in [-0.15, -0.1) is 0 Å². The van der Waals surface area contributed by atoms with Crippen LogP contribution >= 0.6 is 11.8 Å². The predicted octanol–water partition coefficient (Wildman–Crippen LogP) is 5.55. The number of ether oxygens (including phenoxy) is 1. The van der Waals surface area contributed by atoms with Gasteiger partial charge < -0.3 is 14.7 Å². The van der Waals surface area contributed by atoms with Gasteiger partial charge in [-0.05, 0) is 49.8 Å². The first-order chi connectivity index (χ1) is 16.6. The van der Waals surface area contributed by atoms with Gasteiger partial charge in [-0.2, -0.15) is 11.8 Å². The van der Waals surface area contributed by atoms with Crippen molar-refractivity contribution in [2.75, 3.05) is 24.7 Å². The molecule has 1 fully saturated rings. The summed E-state index contributed by atoms with van der Waals surface area (Å²) in [5, 5.41) is 10.3. The van der Waals surface area contributed by atoms with Gasteiger partial charge in [0.15, 0.2) is 0 Å². The van der Waals surface area contributed by atoms with Gasteiger partial charge in [-0.1, -0.05) is 68.7 Å². The Labute approximate surface area is 210 Å². The summed E-state index contributed by atoms with van der Waals surface area (Å²) in [5.41, 5.74) is 1.37. The number of carbonyl (C=O) groups excluding carboxylic acids is 2. The largest absolute Gasteiger partial charge is 0.466 e. The summed E-state index contributed by atoms with van der Waals surface area (Å²) in [6.07, 6.45) is 13.2. The van der Waals surface area contributed by atoms with Crippen LogP contribution in [0.15, 0.2) is 42.5 Å². The molecule has 1 N–H and O–H groups in total. The molecular weight excluding hydrogens is 446 g/mol. The van der Waals surface area contributed by atoms with Gasteiger partial charge in [-0.25, -0.2) is 0 Å². The second-order valence-electron chi connectivity index (χ2n) is 9.02. The van der Waals surface area contributed by atoms with E-state index in [1.165, 1.54) is 5.56 Å². The number of thioether (sulfide) groups is 1. The maximum atomic E-state index is 12.3. The summed E-state index contributed by atoms with van der Waals surface area (Å²) >= 11 is 1.78. The molecule has 0 spiro atoms. The number of hydrogen-bond donors (Lipinski definition) is 1. The van der Waals surface area contributed by atoms with Gasteiger partial charge in [0.05, 0.1) is 18.8 Å². The second-order valence-corrected chi connectivity index (χ2v) is 10.2. The van der Waals surface area contributed by atoms with Gasteiger partial charge in [-0.3, -0.25) is 9.59 Å². The molecule has 1 heterocycles. The van der Waals surface area contributed by atoms with Crippen LogP contribution in [0.2, 0.25) is 0 Å². The van der Waals surface area contributed by atoms with Crippen LogP contribution in [0.1, 0.15) is 76.7 Å². The summed E-state index contributed by atoms with van der Waals surface area (Å²) in [6, 6.07) is 10.6. The Bertz CT molecular complexity index is 724. The Kier molecular flexibility index (Phi) is 14.7. The number of rotatable bonds is 18. The Hall–Kier alpha value is -1.79. The number of aryl methyl sites for hydroxylation is 1. The van der Waals surface area contributed by atoms with E-state index < -0.39 is 6.10 Å². The number of carbonyl (C=O) groups is 2. The normalized spacial score (nSPS) is 16.9. The van der Waals surface area contributed by atoms with Crippen molar-refractivity contribution >= 4 is 23.6 Å². The molecule has 0 aromatic heterocycles. The third-order valence-electron chi connectivity index (χ3n) is 6.15. The van der Waals surface area contributed by atoms with E-state index in [-0.39, 0.29) is 17.9 Å². The Balaban J connectivity index is 1.55. The summed E-state index contributed by atoms with van der Waals surface area (Å²) in [5.74, 6) is 1.85. The predicted molar refractivity (Wildman–Crippen MR) is 141 cm³/mol. The topological polar surface area (TPSA) is 66.8 Å². The molecule has 1 aromatic carbocycles. The molecule has 0 radical (unpaired) electrons. The summed E-state index contributed by atoms with van der Waals surface area (Å²) in [6.45, 7) is 3.32. The first-order valence-corrected chi connectivity index (χ1v) is 14.2. The molecule has 0 unspecified atom stereocenters. The van der Waals surface area contributed by atoms with E-state index in [2.05, 4.69) is 31.2 Å². The summed E-state index contributed by atoms with van der Waals surface area (Å²) in [7, 11) is 0. The molecule has 0 saturated carbocycles. The summed E-state index contributed by atoms with van der Waals surface area (Å²) < 4.78 is 5.17. The lowest BCUT2D eigenvalue weighted by Gasteiger charge is -2.22. The van der Waals surface area contributed by atoms with Crippen LogP contribution in [0.25, 0.3) is 0 Å². The molecule has 6 heteroatoms. The molecule has 5 nitrogen and oxygen atoms in total. The fourth-order valence-electron chi connectivity index (χ4n) is 4.09. The number of aliphatic hydroxyl groups excluding tert-OH is 1. The van der Waals surface area contributed by atoms with Gasteiger partial charge >= 0.3 is 5.97 Å². The van der Waals surface area contributed by atoms with Crippen LogP contribution in [0, 0.1) is 0 Å². The fraction of sp³-hybridized carbons (Fsp3) is 0.643. The first-order valence-electron chi connectivity index (χ1n) is 13.0. The first kappa shape index (κ1) is 28.4. The third kappa shape index (κ3) is 12.1. The molecule has 1 amide bonds. The van der Waals surface area contributed by atoms with E-state index in [9.17, 15) is 14.7 Å². The van der Waals surface area contributed by atoms with Crippen molar-refractivity contribution in [2.24, 2.45) is 0 Å². The molecule has 190 valence electrons. The number of benzene rings is 1. The van der Waals surface area contributed by atoms with Crippen molar-refractivity contribution in [3.05, 3.63) is 48.0 Å². The lowest BCUT2D eigenvalue weighted by molar-refractivity contribution is -0.143. The minimum absolute atomic E-state index is 0.0920. The standard InChI is InChI=1S/C28H43NO4S/c1-2-3-21-33-28(32)15-10-22-34-23-20-29-25(17-19-27(29)31)16-18-26(30)14-9-5-8-13-24-11-6-4-7-12-24/h4,6-7,11-12,16,18,25-26,30H,2-3,5,8-10,13-15,17,19-23H2,1H3/b18-16+/t25-,26+/m0/s1. The Morgan fingerprint density at radius 3 is 2.79 bits per heavy atom. The monoisotopic (exact) mass is 489 g/mol. The van der Waals surface area contributed by atoms with Gasteiger partial charge in [0.25, 0.3) is 0 Å². The molecule has 0 bridgehead atoms. The number of unbranched alkanes of at least 4 members (excludes halogenated alkanes) is 3. The van der Waals surface area contributed by atoms with Crippen molar-refractivity contribution in [1.82, 2.24) is 4.90 Å². The van der Waals surface area contributed by atoms with E-state index in [0.29, 0.717) is 19.4 Å². The van der Waals surface area contributed by atoms with E-state index in [0.717, 1.165) is 75.8 Å². The van der Waals surface area contributed by atoms with E-state index >= 15 is 0 Å². The summed E-state index contributed by atoms with van der Waals surface area (Å²) in [4.78, 5) is 25.8. The quantitative estimate of drug-likeness (QED) is 0.166. The van der Waals surface area contributed by atoms with E-state index in [1.54, 1.807) is 11.8 Å². The third-order valence-corrected chi connectivity index (χ3v) is 7.19. The van der Waals surface area contributed by atoms with Crippen molar-refractivity contribution in [2.45, 2.75) is 89.7 Å². The molecular formula is C28H43NO4S. The number of amides is 1. The van der Waals surface area contributed by atoms with Crippen molar-refractivity contribution in [3.8, 4) is 0 Å². The van der Waals surface area contributed by atoms with Gasteiger partial charge in [0.1, 0.15) is 0 Å². The van der Waals surface area contributed by atoms with Gasteiger partial charge in [0.2, 0.25) is 5.91 Å². The van der Waals surface area contributed by atoms with Crippen LogP contribution in [-0.4, -0.2) is 58.7 Å². The van der Waals surface area contributed by atoms with Crippen LogP contribution < -0.4 is 0 Å². The SMILES string of the molecule is CCCCOC(=O)CCCSCCN1C(=O)CC[C@@H]1/C=C/[C@H](O)CCCCCc1ccccc1. The molecule has 1 saturated heterocycles. The van der Waals surface area contributed by atoms with Crippen LogP contribution in [0.4, 0.5) is 0 Å². The van der Waals surface area contributed by atoms with Crippen LogP contribution in [-0.2, 0) is 20.7 Å². The minimum Gasteiger partial charge on any atom is -0.466 e. The molecule has 34 heavy (non-hydrogen) atoms. The second kappa shape index (κ2) is 17.6. The van der Waals surface area contributed by atoms with E-state index in [4.69, 9.17) is 4.74 Å². The van der Waals surface area contributed by atoms with Crippen molar-refractivity contribution < 1.29 is 19.4 Å². The van der Waals surface area contributed by atoms with Gasteiger partial charge in [0, 0.05) is 25.1 Å². The Morgan fingerprint density at radius 2 is 2.00 bits per heavy atom. The highest BCUT2D eigenvalue weighted by Crippen LogP contribution is 2.21. The maximum absolute atomic E-state index is 12.3. The number of hydrogen-bond acceptors (Lipinski definition) is 5. The van der Waals surface area contributed by atoms with Crippen molar-refractivity contribution in [3.63, 3.8) is 0 Å². The lowest BCUT2D eigenvalue weighted by Crippen LogP contribution is -2.34. The highest BCUT2D eigenvalue weighted by Gasteiger charge is 2.28. The molecule has 1 aliphatic rings. The average Bonchev–Trinajstić information content (AvgIpc) is 3.19. The maximum Gasteiger partial charge on any atom is 0.305 e. The highest BCUT2D eigenvalue weighted by molar-refractivity contribution is 7.99. The minimum atomic E-state index is -0.444. The zero-order valence-corrected chi connectivity index (χ0v) is 21.6. The molecule has 2 atom stereocenters. The molecule has 2 rings (SSSR count). The fourth-order valence-corrected chi connectivity index (χ4v) is 4.97. The number of likely N-dealkylation sites (tertiary alicyclic amines) is 1. The zero-order valence-electron chi connectivity index (χ0n) is 20.8. The number of aliphatic hydroxyl groups is 1. The molecule has 1 aliphatic heterocycles. The lowest BCUT2D eigenvalue weighted by atomic mass is 10.0. The van der Waals surface area contributed by atoms with Crippen LogP contribution in [0.3, 0.4) is 0 Å². The average molecular weight is 490 g/mol. The highest BCUT2D eigenvalue weighted by atomic mass is 32.2. The number of nitrogens with zero attached hydrogens (tertiary/aromatic N) is 1. The molecule has 0 aliphatic carbocycles. The molecule has 1 aromatic rings. The zero-order chi connectivity index (χ0) is 24.4. The van der Waals surface area contributed by atoms with E-state index in [1.807, 2.05) is 23.1 Å². The van der Waals surface area contributed by atoms with Crippen LogP contribution in [0.5, 0.6) is 0 Å². The van der Waals surface area contributed by atoms with Crippen molar-refractivity contribution in [1.29, 1.82) is 0 Å². The smallest absolute Gasteiger partial charge is 0.305 e. The Morgan fingerprint density at radius 1 is 1.18 bits per heavy atom. The number of esters is 1.